The number of amides is 1. The quantitative estimate of drug-likeness (QED) is 0.718. The average Bonchev–Trinajstić information content (AvgIpc) is 2.61. The van der Waals surface area contributed by atoms with Gasteiger partial charge in [-0.1, -0.05) is 26.7 Å². The van der Waals surface area contributed by atoms with Crippen LogP contribution < -0.4 is 11.1 Å². The lowest BCUT2D eigenvalue weighted by atomic mass is 9.89. The van der Waals surface area contributed by atoms with Crippen LogP contribution in [0.4, 0.5) is 0 Å². The van der Waals surface area contributed by atoms with Crippen molar-refractivity contribution in [3.8, 4) is 0 Å². The molecule has 0 spiro atoms. The second kappa shape index (κ2) is 4.78. The molecule has 1 saturated carbocycles. The summed E-state index contributed by atoms with van der Waals surface area (Å²) in [6.07, 6.45) is 5.77. The zero-order chi connectivity index (χ0) is 10.6. The van der Waals surface area contributed by atoms with E-state index in [0.717, 1.165) is 6.54 Å². The van der Waals surface area contributed by atoms with E-state index in [1.54, 1.807) is 0 Å². The maximum absolute atomic E-state index is 11.4. The van der Waals surface area contributed by atoms with Gasteiger partial charge in [-0.2, -0.15) is 0 Å². The SMILES string of the molecule is CCC(N)C(=O)NCC1(C)CCCC1. The molecule has 0 heterocycles. The molecule has 0 aromatic rings. The summed E-state index contributed by atoms with van der Waals surface area (Å²) >= 11 is 0. The maximum atomic E-state index is 11.4. The van der Waals surface area contributed by atoms with Crippen LogP contribution in [0.5, 0.6) is 0 Å². The van der Waals surface area contributed by atoms with Gasteiger partial charge >= 0.3 is 0 Å². The molecule has 0 aromatic heterocycles. The van der Waals surface area contributed by atoms with Crippen molar-refractivity contribution in [2.45, 2.75) is 52.0 Å². The van der Waals surface area contributed by atoms with Gasteiger partial charge in [-0.05, 0) is 24.7 Å². The van der Waals surface area contributed by atoms with Crippen LogP contribution in [0.25, 0.3) is 0 Å². The third-order valence-corrected chi connectivity index (χ3v) is 3.28. The Morgan fingerprint density at radius 3 is 2.57 bits per heavy atom. The molecule has 1 unspecified atom stereocenters. The van der Waals surface area contributed by atoms with E-state index in [1.807, 2.05) is 6.92 Å². The van der Waals surface area contributed by atoms with Gasteiger partial charge < -0.3 is 11.1 Å². The first-order valence-corrected chi connectivity index (χ1v) is 5.61. The molecule has 1 aliphatic rings. The van der Waals surface area contributed by atoms with Crippen molar-refractivity contribution >= 4 is 5.91 Å². The van der Waals surface area contributed by atoms with E-state index in [2.05, 4.69) is 12.2 Å². The fourth-order valence-corrected chi connectivity index (χ4v) is 2.02. The molecule has 0 aliphatic heterocycles. The van der Waals surface area contributed by atoms with Crippen molar-refractivity contribution in [1.29, 1.82) is 0 Å². The van der Waals surface area contributed by atoms with Crippen LogP contribution in [0.1, 0.15) is 46.0 Å². The number of nitrogens with one attached hydrogen (secondary N) is 1. The fourth-order valence-electron chi connectivity index (χ4n) is 2.02. The number of carbonyl (C=O) groups excluding carboxylic acids is 1. The first-order chi connectivity index (χ1) is 6.57. The van der Waals surface area contributed by atoms with Crippen LogP contribution >= 0.6 is 0 Å². The number of hydrogen-bond donors (Lipinski definition) is 2. The molecule has 1 rings (SSSR count). The molecule has 0 aromatic carbocycles. The third kappa shape index (κ3) is 2.98. The number of carbonyl (C=O) groups is 1. The summed E-state index contributed by atoms with van der Waals surface area (Å²) in [5, 5.41) is 2.95. The lowest BCUT2D eigenvalue weighted by molar-refractivity contribution is -0.122. The van der Waals surface area contributed by atoms with E-state index in [9.17, 15) is 4.79 Å². The molecule has 0 bridgehead atoms. The first kappa shape index (κ1) is 11.5. The van der Waals surface area contributed by atoms with Gasteiger partial charge in [-0.15, -0.1) is 0 Å². The minimum absolute atomic E-state index is 0.000579. The molecule has 3 nitrogen and oxygen atoms in total. The third-order valence-electron chi connectivity index (χ3n) is 3.28. The lowest BCUT2D eigenvalue weighted by Gasteiger charge is -2.24. The Hall–Kier alpha value is -0.570. The Kier molecular flexibility index (Phi) is 3.93. The largest absolute Gasteiger partial charge is 0.354 e. The highest BCUT2D eigenvalue weighted by atomic mass is 16.2. The zero-order valence-corrected chi connectivity index (χ0v) is 9.31. The topological polar surface area (TPSA) is 55.1 Å². The van der Waals surface area contributed by atoms with Gasteiger partial charge in [-0.3, -0.25) is 4.79 Å². The van der Waals surface area contributed by atoms with E-state index in [0.29, 0.717) is 11.8 Å². The van der Waals surface area contributed by atoms with Crippen LogP contribution in [0.15, 0.2) is 0 Å². The molecule has 3 heteroatoms. The summed E-state index contributed by atoms with van der Waals surface area (Å²) in [5.41, 5.74) is 5.95. The Labute approximate surface area is 86.4 Å². The van der Waals surface area contributed by atoms with E-state index in [1.165, 1.54) is 25.7 Å². The van der Waals surface area contributed by atoms with Crippen LogP contribution in [0, 0.1) is 5.41 Å². The van der Waals surface area contributed by atoms with Crippen LogP contribution in [-0.4, -0.2) is 18.5 Å². The molecular weight excluding hydrogens is 176 g/mol. The van der Waals surface area contributed by atoms with Gasteiger partial charge in [0.05, 0.1) is 6.04 Å². The van der Waals surface area contributed by atoms with Crippen LogP contribution in [0.3, 0.4) is 0 Å². The monoisotopic (exact) mass is 198 g/mol. The van der Waals surface area contributed by atoms with E-state index >= 15 is 0 Å². The van der Waals surface area contributed by atoms with Gasteiger partial charge in [0.1, 0.15) is 0 Å². The second-order valence-electron chi connectivity index (χ2n) is 4.75. The standard InChI is InChI=1S/C11H22N2O/c1-3-9(12)10(14)13-8-11(2)6-4-5-7-11/h9H,3-8,12H2,1-2H3,(H,13,14). The van der Waals surface area contributed by atoms with Gasteiger partial charge in [0.2, 0.25) is 5.91 Å². The Balaban J connectivity index is 2.29. The number of hydrogen-bond acceptors (Lipinski definition) is 2. The molecule has 1 atom stereocenters. The molecule has 0 radical (unpaired) electrons. The van der Waals surface area contributed by atoms with E-state index in [4.69, 9.17) is 5.73 Å². The fraction of sp³-hybridized carbons (Fsp3) is 0.909. The van der Waals surface area contributed by atoms with Gasteiger partial charge in [0, 0.05) is 6.54 Å². The smallest absolute Gasteiger partial charge is 0.236 e. The minimum atomic E-state index is -0.333. The van der Waals surface area contributed by atoms with E-state index in [-0.39, 0.29) is 11.9 Å². The normalized spacial score (nSPS) is 21.9. The minimum Gasteiger partial charge on any atom is -0.354 e. The van der Waals surface area contributed by atoms with Crippen molar-refractivity contribution < 1.29 is 4.79 Å². The molecule has 82 valence electrons. The Morgan fingerprint density at radius 2 is 2.07 bits per heavy atom. The van der Waals surface area contributed by atoms with Crippen LogP contribution in [-0.2, 0) is 4.79 Å². The predicted octanol–water partition coefficient (Wildman–Crippen LogP) is 1.42. The number of nitrogens with two attached hydrogens (primary N) is 1. The highest BCUT2D eigenvalue weighted by molar-refractivity contribution is 5.81. The molecule has 1 aliphatic carbocycles. The van der Waals surface area contributed by atoms with Gasteiger partial charge in [-0.25, -0.2) is 0 Å². The summed E-state index contributed by atoms with van der Waals surface area (Å²) in [6.45, 7) is 4.97. The van der Waals surface area contributed by atoms with Crippen molar-refractivity contribution in [2.75, 3.05) is 6.54 Å². The Morgan fingerprint density at radius 1 is 1.50 bits per heavy atom. The number of rotatable bonds is 4. The Bertz CT molecular complexity index is 197. The predicted molar refractivity (Wildman–Crippen MR) is 57.9 cm³/mol. The van der Waals surface area contributed by atoms with Crippen molar-refractivity contribution in [1.82, 2.24) is 5.32 Å². The highest BCUT2D eigenvalue weighted by Crippen LogP contribution is 2.36. The van der Waals surface area contributed by atoms with Gasteiger partial charge in [0.25, 0.3) is 0 Å². The van der Waals surface area contributed by atoms with Crippen molar-refractivity contribution in [3.63, 3.8) is 0 Å². The highest BCUT2D eigenvalue weighted by Gasteiger charge is 2.29. The molecule has 14 heavy (non-hydrogen) atoms. The molecule has 0 saturated heterocycles. The molecular formula is C11H22N2O. The molecule has 3 N–H and O–H groups in total. The summed E-state index contributed by atoms with van der Waals surface area (Å²) in [5.74, 6) is 0.000579. The van der Waals surface area contributed by atoms with E-state index < -0.39 is 0 Å². The molecule has 1 fully saturated rings. The summed E-state index contributed by atoms with van der Waals surface area (Å²) in [4.78, 5) is 11.4. The lowest BCUT2D eigenvalue weighted by Crippen LogP contribution is -2.43. The summed E-state index contributed by atoms with van der Waals surface area (Å²) in [7, 11) is 0. The van der Waals surface area contributed by atoms with Gasteiger partial charge in [0.15, 0.2) is 0 Å². The second-order valence-corrected chi connectivity index (χ2v) is 4.75. The molecule has 1 amide bonds. The van der Waals surface area contributed by atoms with Crippen LogP contribution in [0.2, 0.25) is 0 Å². The van der Waals surface area contributed by atoms with Crippen molar-refractivity contribution in [2.24, 2.45) is 11.1 Å². The average molecular weight is 198 g/mol. The first-order valence-electron chi connectivity index (χ1n) is 5.61. The van der Waals surface area contributed by atoms with Crippen molar-refractivity contribution in [3.05, 3.63) is 0 Å². The zero-order valence-electron chi connectivity index (χ0n) is 9.31. The maximum Gasteiger partial charge on any atom is 0.236 e. The summed E-state index contributed by atoms with van der Waals surface area (Å²) < 4.78 is 0. The summed E-state index contributed by atoms with van der Waals surface area (Å²) in [6, 6.07) is -0.333.